The molecule has 3 aromatic rings. The summed E-state index contributed by atoms with van der Waals surface area (Å²) in [6.45, 7) is 1.20. The number of benzene rings is 1. The number of hydrogen-bond acceptors (Lipinski definition) is 11. The number of aliphatic hydroxyl groups excluding tert-OH is 1. The van der Waals surface area contributed by atoms with Crippen molar-refractivity contribution < 1.29 is 28.2 Å². The SMILES string of the molecule is COc1nc(N)nc2c1ncn2C1O[C@H](COP(=O)(NC2CCC2)Oc2ccccc2)[C@@H](O)[C@@]1(C)N=[N+]=[N-]. The van der Waals surface area contributed by atoms with Crippen LogP contribution in [0.4, 0.5) is 5.95 Å². The van der Waals surface area contributed by atoms with Crippen LogP contribution in [-0.4, -0.2) is 62.1 Å². The molecular weight excluding hydrogens is 517 g/mol. The van der Waals surface area contributed by atoms with Gasteiger partial charge in [0.05, 0.1) is 26.1 Å². The van der Waals surface area contributed by atoms with Gasteiger partial charge < -0.3 is 24.8 Å². The molecule has 16 heteroatoms. The summed E-state index contributed by atoms with van der Waals surface area (Å²) in [5.74, 6) is 0.445. The quantitative estimate of drug-likeness (QED) is 0.146. The standard InChI is InChI=1S/C22H28N9O6P/c1-22(29-30-24)17(32)15(36-20(22)31-12-25-16-18(31)26-21(23)27-19(16)34-2)11-35-38(33,28-13-7-6-8-13)37-14-9-4-3-5-10-14/h3-5,9-10,12-13,15,17,20,32H,6-8,11H2,1-2H3,(H,28,33)(H2,23,26,27)/t15-,17-,20?,22-,38?/m1/s1. The molecule has 2 aromatic heterocycles. The fraction of sp³-hybridized carbons (Fsp3) is 0.500. The van der Waals surface area contributed by atoms with Gasteiger partial charge in [0, 0.05) is 11.0 Å². The summed E-state index contributed by atoms with van der Waals surface area (Å²) in [6.07, 6.45) is 0.618. The summed E-state index contributed by atoms with van der Waals surface area (Å²) < 4.78 is 38.1. The fourth-order valence-corrected chi connectivity index (χ4v) is 6.07. The zero-order valence-electron chi connectivity index (χ0n) is 20.7. The van der Waals surface area contributed by atoms with Crippen LogP contribution in [-0.2, 0) is 13.8 Å². The third-order valence-electron chi connectivity index (χ3n) is 6.69. The van der Waals surface area contributed by atoms with Gasteiger partial charge in [0.2, 0.25) is 11.8 Å². The summed E-state index contributed by atoms with van der Waals surface area (Å²) in [5.41, 5.74) is 14.2. The van der Waals surface area contributed by atoms with Gasteiger partial charge >= 0.3 is 7.75 Å². The van der Waals surface area contributed by atoms with Gasteiger partial charge in [0.25, 0.3) is 0 Å². The third-order valence-corrected chi connectivity index (χ3v) is 8.31. The molecule has 1 saturated carbocycles. The highest BCUT2D eigenvalue weighted by Gasteiger charge is 2.55. The molecule has 202 valence electrons. The van der Waals surface area contributed by atoms with Crippen LogP contribution < -0.4 is 20.1 Å². The molecule has 2 fully saturated rings. The largest absolute Gasteiger partial charge is 0.479 e. The number of nitrogens with two attached hydrogens (primary N) is 1. The van der Waals surface area contributed by atoms with Crippen molar-refractivity contribution in [2.75, 3.05) is 19.5 Å². The molecule has 5 atom stereocenters. The second-order valence-electron chi connectivity index (χ2n) is 9.26. The van der Waals surface area contributed by atoms with Crippen molar-refractivity contribution in [2.45, 2.75) is 56.2 Å². The fourth-order valence-electron chi connectivity index (χ4n) is 4.45. The molecule has 3 heterocycles. The molecule has 5 rings (SSSR count). The molecule has 0 amide bonds. The number of aliphatic hydroxyl groups is 1. The van der Waals surface area contributed by atoms with Crippen LogP contribution in [0.1, 0.15) is 32.4 Å². The van der Waals surface area contributed by atoms with Crippen LogP contribution in [0.15, 0.2) is 41.8 Å². The zero-order valence-corrected chi connectivity index (χ0v) is 21.6. The Labute approximate surface area is 217 Å². The molecule has 1 aliphatic carbocycles. The average molecular weight is 545 g/mol. The topological polar surface area (TPSA) is 205 Å². The highest BCUT2D eigenvalue weighted by molar-refractivity contribution is 7.52. The van der Waals surface area contributed by atoms with Gasteiger partial charge in [-0.1, -0.05) is 29.7 Å². The number of azide groups is 1. The number of nitrogens with one attached hydrogen (secondary N) is 1. The van der Waals surface area contributed by atoms with Crippen LogP contribution in [0, 0.1) is 0 Å². The van der Waals surface area contributed by atoms with Crippen molar-refractivity contribution in [1.82, 2.24) is 24.6 Å². The maximum Gasteiger partial charge on any atom is 0.459 e. The minimum Gasteiger partial charge on any atom is -0.479 e. The van der Waals surface area contributed by atoms with Gasteiger partial charge in [0.1, 0.15) is 17.4 Å². The molecule has 0 radical (unpaired) electrons. The Balaban J connectivity index is 1.42. The Bertz CT molecular complexity index is 1400. The molecule has 15 nitrogen and oxygen atoms in total. The number of para-hydroxylation sites is 1. The summed E-state index contributed by atoms with van der Waals surface area (Å²) in [7, 11) is -2.43. The molecule has 1 saturated heterocycles. The molecule has 38 heavy (non-hydrogen) atoms. The van der Waals surface area contributed by atoms with Gasteiger partial charge in [0.15, 0.2) is 17.4 Å². The lowest BCUT2D eigenvalue weighted by Crippen LogP contribution is -2.43. The number of nitrogen functional groups attached to an aromatic ring is 1. The van der Waals surface area contributed by atoms with E-state index >= 15 is 0 Å². The number of rotatable bonds is 10. The molecule has 0 bridgehead atoms. The smallest absolute Gasteiger partial charge is 0.459 e. The maximum atomic E-state index is 13.7. The Kier molecular flexibility index (Phi) is 7.14. The lowest BCUT2D eigenvalue weighted by molar-refractivity contribution is -0.0425. The Morgan fingerprint density at radius 1 is 1.37 bits per heavy atom. The highest BCUT2D eigenvalue weighted by atomic mass is 31.2. The van der Waals surface area contributed by atoms with E-state index in [1.54, 1.807) is 24.3 Å². The van der Waals surface area contributed by atoms with Crippen LogP contribution in [0.3, 0.4) is 0 Å². The highest BCUT2D eigenvalue weighted by Crippen LogP contribution is 2.49. The van der Waals surface area contributed by atoms with Gasteiger partial charge in [-0.2, -0.15) is 9.97 Å². The molecule has 1 aromatic carbocycles. The number of methoxy groups -OCH3 is 1. The van der Waals surface area contributed by atoms with Crippen molar-refractivity contribution in [3.63, 3.8) is 0 Å². The van der Waals surface area contributed by atoms with Crippen molar-refractivity contribution >= 4 is 24.9 Å². The van der Waals surface area contributed by atoms with Gasteiger partial charge in [-0.05, 0) is 37.4 Å². The van der Waals surface area contributed by atoms with E-state index in [-0.39, 0.29) is 30.1 Å². The Morgan fingerprint density at radius 2 is 2.13 bits per heavy atom. The average Bonchev–Trinajstić information content (AvgIpc) is 3.39. The molecular formula is C22H28N9O6P. The Hall–Kier alpha value is -3.45. The number of imidazole rings is 1. The molecule has 4 N–H and O–H groups in total. The van der Waals surface area contributed by atoms with Crippen molar-refractivity contribution in [3.8, 4) is 11.6 Å². The maximum absolute atomic E-state index is 13.7. The van der Waals surface area contributed by atoms with Crippen LogP contribution in [0.25, 0.3) is 21.6 Å². The predicted molar refractivity (Wildman–Crippen MR) is 135 cm³/mol. The number of anilines is 1. The van der Waals surface area contributed by atoms with E-state index in [2.05, 4.69) is 30.1 Å². The number of aromatic nitrogens is 4. The monoisotopic (exact) mass is 545 g/mol. The van der Waals surface area contributed by atoms with Gasteiger partial charge in [-0.15, -0.1) is 0 Å². The van der Waals surface area contributed by atoms with Crippen LogP contribution in [0.2, 0.25) is 0 Å². The van der Waals surface area contributed by atoms with E-state index < -0.39 is 31.7 Å². The first-order valence-corrected chi connectivity index (χ1v) is 13.5. The normalized spacial score (nSPS) is 26.9. The van der Waals surface area contributed by atoms with E-state index in [1.165, 1.54) is 24.9 Å². The van der Waals surface area contributed by atoms with Gasteiger partial charge in [-0.25, -0.2) is 14.6 Å². The predicted octanol–water partition coefficient (Wildman–Crippen LogP) is 3.09. The number of ether oxygens (including phenoxy) is 2. The summed E-state index contributed by atoms with van der Waals surface area (Å²) in [6, 6.07) is 8.64. The summed E-state index contributed by atoms with van der Waals surface area (Å²) >= 11 is 0. The first-order valence-electron chi connectivity index (χ1n) is 12.0. The molecule has 2 unspecified atom stereocenters. The van der Waals surface area contributed by atoms with Crippen molar-refractivity contribution in [3.05, 3.63) is 47.1 Å². The Morgan fingerprint density at radius 3 is 2.79 bits per heavy atom. The summed E-state index contributed by atoms with van der Waals surface area (Å²) in [5, 5.41) is 18.1. The second kappa shape index (κ2) is 10.4. The zero-order chi connectivity index (χ0) is 26.9. The lowest BCUT2D eigenvalue weighted by Gasteiger charge is -2.31. The van der Waals surface area contributed by atoms with E-state index in [0.717, 1.165) is 19.3 Å². The molecule has 1 aliphatic heterocycles. The minimum atomic E-state index is -3.85. The van der Waals surface area contributed by atoms with Crippen LogP contribution >= 0.6 is 7.75 Å². The minimum absolute atomic E-state index is 0.0161. The number of fused-ring (bicyclic) bond motifs is 1. The van der Waals surface area contributed by atoms with E-state index in [0.29, 0.717) is 11.3 Å². The second-order valence-corrected chi connectivity index (χ2v) is 11.0. The van der Waals surface area contributed by atoms with Crippen molar-refractivity contribution in [2.24, 2.45) is 5.11 Å². The van der Waals surface area contributed by atoms with E-state index in [9.17, 15) is 15.2 Å². The van der Waals surface area contributed by atoms with E-state index in [4.69, 9.17) is 24.3 Å². The number of hydrogen-bond donors (Lipinski definition) is 3. The van der Waals surface area contributed by atoms with E-state index in [1.807, 2.05) is 6.07 Å². The van der Waals surface area contributed by atoms with Gasteiger partial charge in [-0.3, -0.25) is 9.09 Å². The number of nitrogens with zero attached hydrogens (tertiary/aromatic N) is 7. The van der Waals surface area contributed by atoms with Crippen molar-refractivity contribution in [1.29, 1.82) is 0 Å². The molecule has 0 spiro atoms. The first kappa shape index (κ1) is 26.2. The lowest BCUT2D eigenvalue weighted by atomic mass is 9.93. The third kappa shape index (κ3) is 4.87. The summed E-state index contributed by atoms with van der Waals surface area (Å²) in [4.78, 5) is 15.5. The first-order chi connectivity index (χ1) is 18.3. The van der Waals surface area contributed by atoms with Crippen LogP contribution in [0.5, 0.6) is 11.6 Å². The molecule has 2 aliphatic rings.